The molecule has 0 saturated carbocycles. The monoisotopic (exact) mass is 239 g/mol. The number of carbonyl (C=O) groups is 1. The van der Waals surface area contributed by atoms with Gasteiger partial charge in [-0.2, -0.15) is 0 Å². The molecule has 0 aliphatic heterocycles. The first kappa shape index (κ1) is 12.0. The topological polar surface area (TPSA) is 38.7 Å². The largest absolute Gasteiger partial charge is 0.357 e. The Labute approximate surface area is 106 Å². The predicted molar refractivity (Wildman–Crippen MR) is 71.1 cm³/mol. The number of oxime groups is 1. The van der Waals surface area contributed by atoms with E-state index in [1.807, 2.05) is 37.3 Å². The summed E-state index contributed by atoms with van der Waals surface area (Å²) in [6.45, 7) is 1.88. The van der Waals surface area contributed by atoms with Crippen molar-refractivity contribution in [2.75, 3.05) is 0 Å². The highest BCUT2D eigenvalue weighted by Gasteiger charge is 1.97. The maximum atomic E-state index is 10.5. The van der Waals surface area contributed by atoms with E-state index in [4.69, 9.17) is 4.84 Å². The lowest BCUT2D eigenvalue weighted by atomic mass is 10.1. The van der Waals surface area contributed by atoms with E-state index in [-0.39, 0.29) is 0 Å². The second kappa shape index (κ2) is 5.77. The van der Waals surface area contributed by atoms with Gasteiger partial charge >= 0.3 is 0 Å². The molecule has 90 valence electrons. The first-order valence-corrected chi connectivity index (χ1v) is 5.62. The van der Waals surface area contributed by atoms with Gasteiger partial charge in [0.15, 0.2) is 5.75 Å². The molecule has 3 heteroatoms. The lowest BCUT2D eigenvalue weighted by Crippen LogP contribution is -1.97. The third kappa shape index (κ3) is 3.04. The van der Waals surface area contributed by atoms with Gasteiger partial charge in [-0.3, -0.25) is 4.79 Å². The Morgan fingerprint density at radius 1 is 1.06 bits per heavy atom. The molecule has 0 spiro atoms. The third-order valence-corrected chi connectivity index (χ3v) is 2.50. The minimum absolute atomic E-state index is 0.607. The Kier molecular flexibility index (Phi) is 3.86. The smallest absolute Gasteiger partial charge is 0.158 e. The van der Waals surface area contributed by atoms with Crippen LogP contribution in [-0.2, 0) is 0 Å². The number of carbonyl (C=O) groups excluding carboxylic acids is 1. The Balaban J connectivity index is 2.08. The SMILES string of the molecule is C/C(=N\Oc1ccc(C=O)cc1)c1ccccc1. The molecule has 0 saturated heterocycles. The number of aldehydes is 1. The van der Waals surface area contributed by atoms with Crippen molar-refractivity contribution in [1.29, 1.82) is 0 Å². The summed E-state index contributed by atoms with van der Waals surface area (Å²) < 4.78 is 0. The fourth-order valence-corrected chi connectivity index (χ4v) is 1.46. The van der Waals surface area contributed by atoms with Crippen LogP contribution < -0.4 is 4.84 Å². The van der Waals surface area contributed by atoms with Crippen LogP contribution in [0.3, 0.4) is 0 Å². The lowest BCUT2D eigenvalue weighted by molar-refractivity contribution is 0.112. The van der Waals surface area contributed by atoms with Crippen molar-refractivity contribution in [3.63, 3.8) is 0 Å². The van der Waals surface area contributed by atoms with Gasteiger partial charge in [-0.25, -0.2) is 0 Å². The maximum Gasteiger partial charge on any atom is 0.158 e. The number of hydrogen-bond acceptors (Lipinski definition) is 3. The maximum absolute atomic E-state index is 10.5. The van der Waals surface area contributed by atoms with Crippen molar-refractivity contribution in [2.45, 2.75) is 6.92 Å². The summed E-state index contributed by atoms with van der Waals surface area (Å²) in [4.78, 5) is 15.8. The van der Waals surface area contributed by atoms with Crippen LogP contribution in [0.4, 0.5) is 0 Å². The van der Waals surface area contributed by atoms with Crippen molar-refractivity contribution in [3.05, 3.63) is 65.7 Å². The van der Waals surface area contributed by atoms with E-state index >= 15 is 0 Å². The van der Waals surface area contributed by atoms with Gasteiger partial charge in [0, 0.05) is 5.56 Å². The van der Waals surface area contributed by atoms with Crippen molar-refractivity contribution in [2.24, 2.45) is 5.16 Å². The van der Waals surface area contributed by atoms with E-state index in [2.05, 4.69) is 5.16 Å². The van der Waals surface area contributed by atoms with Crippen LogP contribution in [-0.4, -0.2) is 12.0 Å². The van der Waals surface area contributed by atoms with Crippen LogP contribution in [0.15, 0.2) is 59.8 Å². The lowest BCUT2D eigenvalue weighted by Gasteiger charge is -2.02. The summed E-state index contributed by atoms with van der Waals surface area (Å²) in [6, 6.07) is 16.6. The van der Waals surface area contributed by atoms with E-state index in [1.165, 1.54) is 0 Å². The molecule has 0 aromatic heterocycles. The normalized spacial score (nSPS) is 11.1. The molecule has 2 rings (SSSR count). The van der Waals surface area contributed by atoms with Gasteiger partial charge in [-0.05, 0) is 36.8 Å². The highest BCUT2D eigenvalue weighted by molar-refractivity contribution is 5.98. The fraction of sp³-hybridized carbons (Fsp3) is 0.0667. The van der Waals surface area contributed by atoms with Crippen LogP contribution in [0.1, 0.15) is 22.8 Å². The fourth-order valence-electron chi connectivity index (χ4n) is 1.46. The molecule has 0 radical (unpaired) electrons. The molecular formula is C15H13NO2. The van der Waals surface area contributed by atoms with Gasteiger partial charge < -0.3 is 4.84 Å². The van der Waals surface area contributed by atoms with E-state index in [9.17, 15) is 4.79 Å². The molecule has 0 amide bonds. The summed E-state index contributed by atoms with van der Waals surface area (Å²) in [7, 11) is 0. The highest BCUT2D eigenvalue weighted by Crippen LogP contribution is 2.12. The summed E-state index contributed by atoms with van der Waals surface area (Å²) in [6.07, 6.45) is 0.794. The molecule has 0 aliphatic rings. The molecule has 0 N–H and O–H groups in total. The number of hydrogen-bond donors (Lipinski definition) is 0. The zero-order valence-corrected chi connectivity index (χ0v) is 10.0. The van der Waals surface area contributed by atoms with Gasteiger partial charge in [-0.1, -0.05) is 35.5 Å². The molecule has 18 heavy (non-hydrogen) atoms. The van der Waals surface area contributed by atoms with Crippen LogP contribution >= 0.6 is 0 Å². The molecule has 2 aromatic rings. The molecule has 0 bridgehead atoms. The minimum Gasteiger partial charge on any atom is -0.357 e. The van der Waals surface area contributed by atoms with Crippen LogP contribution in [0.25, 0.3) is 0 Å². The van der Waals surface area contributed by atoms with Crippen molar-refractivity contribution in [3.8, 4) is 5.75 Å². The summed E-state index contributed by atoms with van der Waals surface area (Å²) >= 11 is 0. The summed E-state index contributed by atoms with van der Waals surface area (Å²) in [5, 5.41) is 4.05. The van der Waals surface area contributed by atoms with Gasteiger partial charge in [0.1, 0.15) is 6.29 Å². The molecule has 0 fully saturated rings. The number of rotatable bonds is 4. The average molecular weight is 239 g/mol. The zero-order chi connectivity index (χ0) is 12.8. The van der Waals surface area contributed by atoms with Gasteiger partial charge in [0.05, 0.1) is 5.71 Å². The first-order chi connectivity index (χ1) is 8.79. The Morgan fingerprint density at radius 3 is 2.33 bits per heavy atom. The summed E-state index contributed by atoms with van der Waals surface area (Å²) in [5.74, 6) is 0.607. The van der Waals surface area contributed by atoms with Crippen molar-refractivity contribution in [1.82, 2.24) is 0 Å². The van der Waals surface area contributed by atoms with E-state index < -0.39 is 0 Å². The number of benzene rings is 2. The van der Waals surface area contributed by atoms with Gasteiger partial charge in [0.25, 0.3) is 0 Å². The molecular weight excluding hydrogens is 226 g/mol. The molecule has 2 aromatic carbocycles. The van der Waals surface area contributed by atoms with Crippen molar-refractivity contribution >= 4 is 12.0 Å². The van der Waals surface area contributed by atoms with E-state index in [1.54, 1.807) is 24.3 Å². The minimum atomic E-state index is 0.607. The predicted octanol–water partition coefficient (Wildman–Crippen LogP) is 3.30. The molecule has 0 unspecified atom stereocenters. The van der Waals surface area contributed by atoms with Gasteiger partial charge in [-0.15, -0.1) is 0 Å². The van der Waals surface area contributed by atoms with Gasteiger partial charge in [0.2, 0.25) is 0 Å². The third-order valence-electron chi connectivity index (χ3n) is 2.50. The van der Waals surface area contributed by atoms with E-state index in [0.29, 0.717) is 11.3 Å². The first-order valence-electron chi connectivity index (χ1n) is 5.62. The standard InChI is InChI=1S/C15H13NO2/c1-12(14-5-3-2-4-6-14)16-18-15-9-7-13(11-17)8-10-15/h2-11H,1H3/b16-12+. The second-order valence-electron chi connectivity index (χ2n) is 3.82. The average Bonchev–Trinajstić information content (AvgIpc) is 2.46. The molecule has 3 nitrogen and oxygen atoms in total. The van der Waals surface area contributed by atoms with Crippen molar-refractivity contribution < 1.29 is 9.63 Å². The van der Waals surface area contributed by atoms with Crippen LogP contribution in [0.2, 0.25) is 0 Å². The second-order valence-corrected chi connectivity index (χ2v) is 3.82. The van der Waals surface area contributed by atoms with Crippen LogP contribution in [0, 0.1) is 0 Å². The van der Waals surface area contributed by atoms with E-state index in [0.717, 1.165) is 17.6 Å². The van der Waals surface area contributed by atoms with Crippen LogP contribution in [0.5, 0.6) is 5.75 Å². The zero-order valence-electron chi connectivity index (χ0n) is 10.0. The molecule has 0 heterocycles. The number of nitrogens with zero attached hydrogens (tertiary/aromatic N) is 1. The Hall–Kier alpha value is -2.42. The molecule has 0 aliphatic carbocycles. The quantitative estimate of drug-likeness (QED) is 0.466. The molecule has 0 atom stereocenters. The summed E-state index contributed by atoms with van der Waals surface area (Å²) in [5.41, 5.74) is 2.43. The highest BCUT2D eigenvalue weighted by atomic mass is 16.6. The Bertz CT molecular complexity index is 544. The Morgan fingerprint density at radius 2 is 1.72 bits per heavy atom.